The molecule has 7 nitrogen and oxygen atoms in total. The Morgan fingerprint density at radius 3 is 2.67 bits per heavy atom. The van der Waals surface area contributed by atoms with E-state index in [-0.39, 0.29) is 11.6 Å². The first-order chi connectivity index (χ1) is 14.3. The standard InChI is InChI=1S/C23H30N6O/c1-15(2)28-22(24-14-25-28)19-11-18-8-9-30-21-7-6-16(10-20(21)29(18)26-19)17-12-27(13-17)23(3,4)5/h6-7,10-11,14-15,17H,8-9,12-13H2,1-5H3. The Balaban J connectivity index is 1.51. The zero-order chi connectivity index (χ0) is 21.0. The number of nitrogens with zero attached hydrogens (tertiary/aromatic N) is 6. The van der Waals surface area contributed by atoms with Crippen molar-refractivity contribution in [3.63, 3.8) is 0 Å². The summed E-state index contributed by atoms with van der Waals surface area (Å²) < 4.78 is 10.0. The summed E-state index contributed by atoms with van der Waals surface area (Å²) in [7, 11) is 0. The normalized spacial score (nSPS) is 17.3. The summed E-state index contributed by atoms with van der Waals surface area (Å²) in [6, 6.07) is 8.94. The second-order valence-electron chi connectivity index (χ2n) is 9.65. The van der Waals surface area contributed by atoms with E-state index in [0.717, 1.165) is 48.2 Å². The van der Waals surface area contributed by atoms with Crippen molar-refractivity contribution in [1.29, 1.82) is 0 Å². The van der Waals surface area contributed by atoms with E-state index in [2.05, 4.69) is 73.9 Å². The minimum absolute atomic E-state index is 0.224. The smallest absolute Gasteiger partial charge is 0.178 e. The number of hydrogen-bond donors (Lipinski definition) is 0. The van der Waals surface area contributed by atoms with Gasteiger partial charge in [-0.05, 0) is 58.4 Å². The highest BCUT2D eigenvalue weighted by Gasteiger charge is 2.35. The van der Waals surface area contributed by atoms with Crippen molar-refractivity contribution >= 4 is 0 Å². The second kappa shape index (κ2) is 6.94. The van der Waals surface area contributed by atoms with Crippen LogP contribution in [0, 0.1) is 0 Å². The van der Waals surface area contributed by atoms with Gasteiger partial charge in [-0.3, -0.25) is 4.90 Å². The summed E-state index contributed by atoms with van der Waals surface area (Å²) in [4.78, 5) is 6.99. The molecule has 0 aliphatic carbocycles. The third-order valence-corrected chi connectivity index (χ3v) is 6.20. The molecule has 3 aromatic rings. The number of benzene rings is 1. The summed E-state index contributed by atoms with van der Waals surface area (Å²) in [6.07, 6.45) is 2.42. The average Bonchev–Trinajstić information content (AvgIpc) is 3.24. The van der Waals surface area contributed by atoms with E-state index in [1.807, 2.05) is 9.36 Å². The Labute approximate surface area is 177 Å². The number of likely N-dealkylation sites (tertiary alicyclic amines) is 1. The van der Waals surface area contributed by atoms with Gasteiger partial charge in [0.1, 0.15) is 23.5 Å². The highest BCUT2D eigenvalue weighted by molar-refractivity contribution is 5.56. The van der Waals surface area contributed by atoms with Crippen LogP contribution in [0.15, 0.2) is 30.6 Å². The van der Waals surface area contributed by atoms with Crippen molar-refractivity contribution in [3.8, 4) is 23.0 Å². The lowest BCUT2D eigenvalue weighted by Crippen LogP contribution is -2.54. The highest BCUT2D eigenvalue weighted by Crippen LogP contribution is 2.37. The van der Waals surface area contributed by atoms with Crippen LogP contribution in [0.5, 0.6) is 5.75 Å². The maximum atomic E-state index is 6.04. The van der Waals surface area contributed by atoms with Crippen LogP contribution in [0.2, 0.25) is 0 Å². The van der Waals surface area contributed by atoms with Crippen LogP contribution in [0.3, 0.4) is 0 Å². The Kier molecular flexibility index (Phi) is 4.47. The van der Waals surface area contributed by atoms with Crippen LogP contribution in [-0.2, 0) is 6.42 Å². The van der Waals surface area contributed by atoms with Crippen molar-refractivity contribution in [3.05, 3.63) is 41.9 Å². The minimum Gasteiger partial charge on any atom is -0.491 e. The summed E-state index contributed by atoms with van der Waals surface area (Å²) in [5.41, 5.74) is 4.60. The predicted octanol–water partition coefficient (Wildman–Crippen LogP) is 3.84. The van der Waals surface area contributed by atoms with Gasteiger partial charge in [-0.1, -0.05) is 6.07 Å². The minimum atomic E-state index is 0.224. The molecular formula is C23H30N6O. The number of rotatable bonds is 3. The first kappa shape index (κ1) is 19.3. The Morgan fingerprint density at radius 2 is 1.93 bits per heavy atom. The van der Waals surface area contributed by atoms with Gasteiger partial charge >= 0.3 is 0 Å². The Bertz CT molecular complexity index is 1070. The van der Waals surface area contributed by atoms with Gasteiger partial charge in [0.05, 0.1) is 6.61 Å². The fourth-order valence-electron chi connectivity index (χ4n) is 4.31. The summed E-state index contributed by atoms with van der Waals surface area (Å²) in [5, 5.41) is 9.31. The third-order valence-electron chi connectivity index (χ3n) is 6.20. The van der Waals surface area contributed by atoms with Gasteiger partial charge in [0.2, 0.25) is 0 Å². The first-order valence-corrected chi connectivity index (χ1v) is 10.8. The molecule has 2 aromatic heterocycles. The Morgan fingerprint density at radius 1 is 1.13 bits per heavy atom. The summed E-state index contributed by atoms with van der Waals surface area (Å²) in [6.45, 7) is 13.9. The lowest BCUT2D eigenvalue weighted by molar-refractivity contribution is 0.0470. The van der Waals surface area contributed by atoms with E-state index in [1.165, 1.54) is 5.56 Å². The largest absolute Gasteiger partial charge is 0.491 e. The van der Waals surface area contributed by atoms with Crippen LogP contribution in [0.25, 0.3) is 17.2 Å². The fourth-order valence-corrected chi connectivity index (χ4v) is 4.31. The number of ether oxygens (including phenoxy) is 1. The van der Waals surface area contributed by atoms with Gasteiger partial charge < -0.3 is 4.74 Å². The van der Waals surface area contributed by atoms with E-state index in [1.54, 1.807) is 6.33 Å². The molecule has 1 saturated heterocycles. The van der Waals surface area contributed by atoms with Crippen LogP contribution in [0.1, 0.15) is 57.8 Å². The van der Waals surface area contributed by atoms with E-state index < -0.39 is 0 Å². The fraction of sp³-hybridized carbons (Fsp3) is 0.522. The van der Waals surface area contributed by atoms with Crippen molar-refractivity contribution in [2.24, 2.45) is 0 Å². The van der Waals surface area contributed by atoms with E-state index in [0.29, 0.717) is 12.5 Å². The lowest BCUT2D eigenvalue weighted by atomic mass is 9.87. The van der Waals surface area contributed by atoms with E-state index in [4.69, 9.17) is 9.84 Å². The molecule has 0 spiro atoms. The SMILES string of the molecule is CC(C)n1ncnc1-c1cc2n(n1)-c1cc(C3CN(C(C)(C)C)C3)ccc1OCC2. The maximum Gasteiger partial charge on any atom is 0.178 e. The van der Waals surface area contributed by atoms with Crippen molar-refractivity contribution < 1.29 is 4.74 Å². The van der Waals surface area contributed by atoms with Gasteiger partial charge in [-0.25, -0.2) is 14.3 Å². The molecule has 7 heteroatoms. The van der Waals surface area contributed by atoms with Crippen LogP contribution < -0.4 is 4.74 Å². The molecule has 0 N–H and O–H groups in total. The second-order valence-corrected chi connectivity index (χ2v) is 9.65. The molecular weight excluding hydrogens is 376 g/mol. The van der Waals surface area contributed by atoms with Crippen LogP contribution in [-0.4, -0.2) is 54.7 Å². The molecule has 30 heavy (non-hydrogen) atoms. The molecule has 0 bridgehead atoms. The molecule has 0 atom stereocenters. The molecule has 2 aliphatic heterocycles. The monoisotopic (exact) mass is 406 g/mol. The average molecular weight is 407 g/mol. The number of fused-ring (bicyclic) bond motifs is 3. The van der Waals surface area contributed by atoms with Gasteiger partial charge in [0.15, 0.2) is 5.82 Å². The van der Waals surface area contributed by atoms with Gasteiger partial charge in [0, 0.05) is 42.7 Å². The number of hydrogen-bond acceptors (Lipinski definition) is 5. The van der Waals surface area contributed by atoms with Crippen molar-refractivity contribution in [2.45, 2.75) is 58.5 Å². The van der Waals surface area contributed by atoms with Gasteiger partial charge in [0.25, 0.3) is 0 Å². The summed E-state index contributed by atoms with van der Waals surface area (Å²) in [5.74, 6) is 2.26. The lowest BCUT2D eigenvalue weighted by Gasteiger charge is -2.48. The third kappa shape index (κ3) is 3.21. The molecule has 1 aromatic carbocycles. The molecule has 0 amide bonds. The van der Waals surface area contributed by atoms with E-state index in [9.17, 15) is 0 Å². The Hall–Kier alpha value is -2.67. The zero-order valence-electron chi connectivity index (χ0n) is 18.5. The molecule has 0 radical (unpaired) electrons. The zero-order valence-corrected chi connectivity index (χ0v) is 18.5. The molecule has 2 aliphatic rings. The molecule has 0 saturated carbocycles. The van der Waals surface area contributed by atoms with Crippen LogP contribution >= 0.6 is 0 Å². The van der Waals surface area contributed by atoms with E-state index >= 15 is 0 Å². The van der Waals surface area contributed by atoms with Crippen LogP contribution in [0.4, 0.5) is 0 Å². The summed E-state index contributed by atoms with van der Waals surface area (Å²) >= 11 is 0. The quantitative estimate of drug-likeness (QED) is 0.661. The number of aromatic nitrogens is 5. The van der Waals surface area contributed by atoms with Gasteiger partial charge in [-0.2, -0.15) is 10.2 Å². The molecule has 4 heterocycles. The molecule has 1 fully saturated rings. The van der Waals surface area contributed by atoms with Crippen molar-refractivity contribution in [2.75, 3.05) is 19.7 Å². The highest BCUT2D eigenvalue weighted by atomic mass is 16.5. The van der Waals surface area contributed by atoms with Gasteiger partial charge in [-0.15, -0.1) is 0 Å². The molecule has 5 rings (SSSR count). The first-order valence-electron chi connectivity index (χ1n) is 10.8. The molecule has 158 valence electrons. The van der Waals surface area contributed by atoms with Crippen molar-refractivity contribution in [1.82, 2.24) is 29.4 Å². The predicted molar refractivity (Wildman–Crippen MR) is 116 cm³/mol. The topological polar surface area (TPSA) is 61.0 Å². The molecule has 0 unspecified atom stereocenters. The maximum absolute atomic E-state index is 6.04.